The van der Waals surface area contributed by atoms with E-state index in [9.17, 15) is 19.2 Å². The Morgan fingerprint density at radius 1 is 0.628 bits per heavy atom. The number of nitrogens with one attached hydrogen (secondary N) is 2. The highest BCUT2D eigenvalue weighted by Gasteiger charge is 2.27. The summed E-state index contributed by atoms with van der Waals surface area (Å²) in [7, 11) is 0. The van der Waals surface area contributed by atoms with Crippen LogP contribution in [-0.4, -0.2) is 48.5 Å². The zero-order valence-electron chi connectivity index (χ0n) is 25.4. The Hall–Kier alpha value is -2.37. The van der Waals surface area contributed by atoms with E-state index in [4.69, 9.17) is 9.47 Å². The second-order valence-electron chi connectivity index (χ2n) is 10.9. The normalized spacial score (nSPS) is 15.1. The summed E-state index contributed by atoms with van der Waals surface area (Å²) in [5, 5.41) is 7.17. The third kappa shape index (κ3) is 9.31. The van der Waals surface area contributed by atoms with Crippen LogP contribution < -0.4 is 10.6 Å². The molecule has 2 aliphatic carbocycles. The van der Waals surface area contributed by atoms with Crippen molar-refractivity contribution in [3.63, 3.8) is 0 Å². The van der Waals surface area contributed by atoms with Crippen LogP contribution in [0.15, 0.2) is 0 Å². The van der Waals surface area contributed by atoms with Crippen LogP contribution in [0.3, 0.4) is 0 Å². The number of rotatable bonds is 12. The minimum atomic E-state index is -0.361. The number of thioether (sulfide) groups is 1. The van der Waals surface area contributed by atoms with Gasteiger partial charge in [-0.05, 0) is 76.3 Å². The van der Waals surface area contributed by atoms with Crippen LogP contribution in [0.4, 0.5) is 10.0 Å². The van der Waals surface area contributed by atoms with E-state index in [0.717, 1.165) is 75.3 Å². The van der Waals surface area contributed by atoms with Gasteiger partial charge in [-0.2, -0.15) is 11.8 Å². The molecular weight excluding hydrogens is 605 g/mol. The molecule has 0 fully saturated rings. The molecule has 2 N–H and O–H groups in total. The maximum atomic E-state index is 12.8. The fourth-order valence-electron chi connectivity index (χ4n) is 5.66. The molecule has 0 radical (unpaired) electrons. The highest BCUT2D eigenvalue weighted by atomic mass is 32.2. The second-order valence-corrected chi connectivity index (χ2v) is 14.3. The summed E-state index contributed by atoms with van der Waals surface area (Å²) in [5.41, 5.74) is 3.15. The van der Waals surface area contributed by atoms with Crippen molar-refractivity contribution in [2.45, 2.75) is 104 Å². The molecule has 0 spiro atoms. The fraction of sp³-hybridized carbons (Fsp3) is 0.625. The Bertz CT molecular complexity index is 1190. The lowest BCUT2D eigenvalue weighted by Crippen LogP contribution is -2.17. The first kappa shape index (κ1) is 33.5. The molecule has 2 aliphatic rings. The Morgan fingerprint density at radius 2 is 1.02 bits per heavy atom. The minimum Gasteiger partial charge on any atom is -0.462 e. The van der Waals surface area contributed by atoms with Gasteiger partial charge in [0.05, 0.1) is 24.3 Å². The van der Waals surface area contributed by atoms with Crippen molar-refractivity contribution in [2.75, 3.05) is 35.4 Å². The van der Waals surface area contributed by atoms with E-state index in [1.807, 2.05) is 0 Å². The van der Waals surface area contributed by atoms with E-state index in [1.165, 1.54) is 57.0 Å². The molecule has 0 saturated heterocycles. The summed E-state index contributed by atoms with van der Waals surface area (Å²) in [4.78, 5) is 53.7. The predicted octanol–water partition coefficient (Wildman–Crippen LogP) is 7.57. The molecule has 43 heavy (non-hydrogen) atoms. The van der Waals surface area contributed by atoms with Gasteiger partial charge in [0.25, 0.3) is 0 Å². The topological polar surface area (TPSA) is 111 Å². The quantitative estimate of drug-likeness (QED) is 0.180. The first-order chi connectivity index (χ1) is 20.9. The van der Waals surface area contributed by atoms with Gasteiger partial charge >= 0.3 is 11.9 Å². The number of esters is 2. The number of carbonyl (C=O) groups excluding carboxylic acids is 4. The van der Waals surface area contributed by atoms with E-state index in [2.05, 4.69) is 10.6 Å². The van der Waals surface area contributed by atoms with Gasteiger partial charge in [0, 0.05) is 34.1 Å². The van der Waals surface area contributed by atoms with Crippen molar-refractivity contribution in [2.24, 2.45) is 0 Å². The third-order valence-corrected chi connectivity index (χ3v) is 11.2. The zero-order valence-corrected chi connectivity index (χ0v) is 27.9. The molecule has 8 nitrogen and oxygen atoms in total. The number of ether oxygens (including phenoxy) is 2. The van der Waals surface area contributed by atoms with Crippen molar-refractivity contribution < 1.29 is 28.7 Å². The number of aryl methyl sites for hydroxylation is 2. The second kappa shape index (κ2) is 17.2. The lowest BCUT2D eigenvalue weighted by Gasteiger charge is -2.11. The Kier molecular flexibility index (Phi) is 13.4. The van der Waals surface area contributed by atoms with E-state index in [0.29, 0.717) is 45.8 Å². The van der Waals surface area contributed by atoms with E-state index < -0.39 is 0 Å². The third-order valence-electron chi connectivity index (χ3n) is 7.75. The number of amides is 2. The van der Waals surface area contributed by atoms with Crippen LogP contribution >= 0.6 is 34.4 Å². The molecule has 0 aliphatic heterocycles. The van der Waals surface area contributed by atoms with Gasteiger partial charge in [-0.15, -0.1) is 22.7 Å². The van der Waals surface area contributed by atoms with Gasteiger partial charge in [0.2, 0.25) is 11.8 Å². The highest BCUT2D eigenvalue weighted by molar-refractivity contribution is 7.99. The van der Waals surface area contributed by atoms with Crippen molar-refractivity contribution >= 4 is 68.2 Å². The number of thiophene rings is 2. The van der Waals surface area contributed by atoms with Gasteiger partial charge in [0.15, 0.2) is 0 Å². The molecule has 2 aromatic rings. The molecular formula is C32H44N2O6S3. The van der Waals surface area contributed by atoms with Crippen molar-refractivity contribution in [1.29, 1.82) is 0 Å². The summed E-state index contributed by atoms with van der Waals surface area (Å²) in [6, 6.07) is 0. The number of anilines is 2. The maximum absolute atomic E-state index is 12.8. The van der Waals surface area contributed by atoms with Crippen LogP contribution in [-0.2, 0) is 44.7 Å². The fourth-order valence-corrected chi connectivity index (χ4v) is 9.11. The van der Waals surface area contributed by atoms with Gasteiger partial charge in [-0.25, -0.2) is 9.59 Å². The number of hydrogen-bond acceptors (Lipinski definition) is 9. The molecule has 0 saturated carbocycles. The summed E-state index contributed by atoms with van der Waals surface area (Å²) in [6.07, 6.45) is 13.0. The molecule has 0 atom stereocenters. The Morgan fingerprint density at radius 3 is 1.42 bits per heavy atom. The molecule has 0 bridgehead atoms. The summed E-state index contributed by atoms with van der Waals surface area (Å²) < 4.78 is 10.7. The number of hydrogen-bond donors (Lipinski definition) is 2. The molecule has 4 rings (SSSR count). The highest BCUT2D eigenvalue weighted by Crippen LogP contribution is 2.39. The average Bonchev–Trinajstić information content (AvgIpc) is 3.44. The van der Waals surface area contributed by atoms with Gasteiger partial charge in [0.1, 0.15) is 10.0 Å². The Balaban J connectivity index is 1.28. The SMILES string of the molecule is CCOC(=O)c1c(NC(=O)CCSCCC(=O)Nc2sc3c(c2C(=O)OCC)CCCCCC3)sc2c1CCCCCC2. The van der Waals surface area contributed by atoms with Crippen LogP contribution in [0.1, 0.15) is 120 Å². The predicted molar refractivity (Wildman–Crippen MR) is 176 cm³/mol. The smallest absolute Gasteiger partial charge is 0.341 e. The Labute approximate surface area is 267 Å². The standard InChI is InChI=1S/C32H44N2O6S3/c1-3-39-31(37)27-21-13-9-5-7-11-15-23(21)42-29(27)33-25(35)17-19-41-20-18-26(36)34-30-28(32(38)40-4-2)22-14-10-6-8-12-16-24(22)43-30/h3-20H2,1-2H3,(H,33,35)(H,34,36). The van der Waals surface area contributed by atoms with E-state index in [1.54, 1.807) is 13.8 Å². The van der Waals surface area contributed by atoms with Crippen LogP contribution in [0.25, 0.3) is 0 Å². The number of carbonyl (C=O) groups is 4. The van der Waals surface area contributed by atoms with E-state index in [-0.39, 0.29) is 36.6 Å². The molecule has 11 heteroatoms. The summed E-state index contributed by atoms with van der Waals surface area (Å²) >= 11 is 4.55. The molecule has 0 unspecified atom stereocenters. The first-order valence-electron chi connectivity index (χ1n) is 15.7. The van der Waals surface area contributed by atoms with Gasteiger partial charge in [-0.3, -0.25) is 9.59 Å². The van der Waals surface area contributed by atoms with E-state index >= 15 is 0 Å². The lowest BCUT2D eigenvalue weighted by molar-refractivity contribution is -0.116. The summed E-state index contributed by atoms with van der Waals surface area (Å²) in [6.45, 7) is 4.16. The minimum absolute atomic E-state index is 0.146. The van der Waals surface area contributed by atoms with Crippen molar-refractivity contribution in [1.82, 2.24) is 0 Å². The van der Waals surface area contributed by atoms with Crippen LogP contribution in [0, 0.1) is 0 Å². The molecule has 236 valence electrons. The zero-order chi connectivity index (χ0) is 30.6. The molecule has 2 heterocycles. The van der Waals surface area contributed by atoms with Crippen molar-refractivity contribution in [3.8, 4) is 0 Å². The maximum Gasteiger partial charge on any atom is 0.341 e. The molecule has 2 aromatic heterocycles. The van der Waals surface area contributed by atoms with Gasteiger partial charge in [-0.1, -0.05) is 25.7 Å². The monoisotopic (exact) mass is 648 g/mol. The molecule has 0 aromatic carbocycles. The molecule has 2 amide bonds. The lowest BCUT2D eigenvalue weighted by atomic mass is 9.96. The average molecular weight is 649 g/mol. The largest absolute Gasteiger partial charge is 0.462 e. The number of fused-ring (bicyclic) bond motifs is 2. The van der Waals surface area contributed by atoms with Crippen molar-refractivity contribution in [3.05, 3.63) is 32.0 Å². The van der Waals surface area contributed by atoms with Gasteiger partial charge < -0.3 is 20.1 Å². The van der Waals surface area contributed by atoms with Crippen LogP contribution in [0.2, 0.25) is 0 Å². The first-order valence-corrected chi connectivity index (χ1v) is 18.5. The van der Waals surface area contributed by atoms with Crippen LogP contribution in [0.5, 0.6) is 0 Å². The summed E-state index contributed by atoms with van der Waals surface area (Å²) in [5.74, 6) is 0.0967.